The van der Waals surface area contributed by atoms with Crippen LogP contribution in [0.1, 0.15) is 39.0 Å². The highest BCUT2D eigenvalue weighted by molar-refractivity contribution is 5.51. The highest BCUT2D eigenvalue weighted by atomic mass is 19.4. The number of aliphatic hydroxyl groups is 1. The van der Waals surface area contributed by atoms with Gasteiger partial charge in [-0.2, -0.15) is 26.3 Å². The average molecular weight is 411 g/mol. The van der Waals surface area contributed by atoms with Crippen LogP contribution >= 0.6 is 0 Å². The lowest BCUT2D eigenvalue weighted by Crippen LogP contribution is -2.42. The van der Waals surface area contributed by atoms with Crippen molar-refractivity contribution in [1.82, 2.24) is 5.32 Å². The third-order valence-corrected chi connectivity index (χ3v) is 5.55. The second-order valence-corrected chi connectivity index (χ2v) is 7.59. The largest absolute Gasteiger partial charge is 0.415 e. The minimum absolute atomic E-state index is 0.0275. The summed E-state index contributed by atoms with van der Waals surface area (Å²) in [4.78, 5) is 0. The molecule has 3 atom stereocenters. The molecule has 2 N–H and O–H groups in total. The van der Waals surface area contributed by atoms with Crippen molar-refractivity contribution in [3.8, 4) is 0 Å². The van der Waals surface area contributed by atoms with Gasteiger partial charge in [0.15, 0.2) is 0 Å². The summed E-state index contributed by atoms with van der Waals surface area (Å²) >= 11 is 0. The zero-order valence-corrected chi connectivity index (χ0v) is 15.3. The molecule has 1 saturated carbocycles. The average Bonchev–Trinajstić information content (AvgIpc) is 2.59. The van der Waals surface area contributed by atoms with Crippen LogP contribution in [0.5, 0.6) is 0 Å². The lowest BCUT2D eigenvalue weighted by atomic mass is 9.85. The van der Waals surface area contributed by atoms with E-state index >= 15 is 0 Å². The summed E-state index contributed by atoms with van der Waals surface area (Å²) in [7, 11) is 0. The van der Waals surface area contributed by atoms with Crippen molar-refractivity contribution in [3.63, 3.8) is 0 Å². The van der Waals surface area contributed by atoms with Crippen LogP contribution in [0.2, 0.25) is 0 Å². The SMILES string of the molecule is CC(O)C1C=CC2=C(C(F)(F)F)C(OC3CCC(C(F)(F)F)CC3)CC=C2N1. The summed E-state index contributed by atoms with van der Waals surface area (Å²) in [6.07, 6.45) is -7.25. The molecule has 0 saturated heterocycles. The molecule has 0 amide bonds. The molecule has 0 aromatic heterocycles. The van der Waals surface area contributed by atoms with Gasteiger partial charge in [0.25, 0.3) is 0 Å². The zero-order chi connectivity index (χ0) is 20.7. The van der Waals surface area contributed by atoms with Gasteiger partial charge in [0.05, 0.1) is 35.8 Å². The number of rotatable bonds is 3. The summed E-state index contributed by atoms with van der Waals surface area (Å²) in [5.41, 5.74) is -0.568. The van der Waals surface area contributed by atoms with E-state index in [-0.39, 0.29) is 37.7 Å². The molecule has 9 heteroatoms. The molecule has 1 aliphatic heterocycles. The van der Waals surface area contributed by atoms with Crippen molar-refractivity contribution in [1.29, 1.82) is 0 Å². The third-order valence-electron chi connectivity index (χ3n) is 5.55. The third kappa shape index (κ3) is 4.56. The summed E-state index contributed by atoms with van der Waals surface area (Å²) in [6, 6.07) is -0.486. The number of aliphatic hydroxyl groups excluding tert-OH is 1. The predicted octanol–water partition coefficient (Wildman–Crippen LogP) is 4.55. The maximum atomic E-state index is 13.8. The zero-order valence-electron chi connectivity index (χ0n) is 15.3. The molecular weight excluding hydrogens is 388 g/mol. The van der Waals surface area contributed by atoms with Crippen LogP contribution in [0, 0.1) is 5.92 Å². The monoisotopic (exact) mass is 411 g/mol. The number of fused-ring (bicyclic) bond motifs is 1. The first-order chi connectivity index (χ1) is 13.0. The Balaban J connectivity index is 1.76. The maximum absolute atomic E-state index is 13.8. The lowest BCUT2D eigenvalue weighted by Gasteiger charge is -2.37. The molecule has 158 valence electrons. The van der Waals surface area contributed by atoms with E-state index in [4.69, 9.17) is 4.74 Å². The van der Waals surface area contributed by atoms with E-state index < -0.39 is 48.2 Å². The molecule has 0 spiro atoms. The van der Waals surface area contributed by atoms with Gasteiger partial charge in [0, 0.05) is 11.3 Å². The number of hydrogen-bond donors (Lipinski definition) is 2. The fourth-order valence-corrected chi connectivity index (χ4v) is 4.01. The van der Waals surface area contributed by atoms with Gasteiger partial charge in [-0.15, -0.1) is 0 Å². The number of alkyl halides is 6. The molecule has 0 aromatic rings. The fourth-order valence-electron chi connectivity index (χ4n) is 4.01. The molecule has 3 unspecified atom stereocenters. The van der Waals surface area contributed by atoms with Crippen molar-refractivity contribution in [3.05, 3.63) is 35.1 Å². The molecule has 3 rings (SSSR count). The predicted molar refractivity (Wildman–Crippen MR) is 90.2 cm³/mol. The van der Waals surface area contributed by atoms with Gasteiger partial charge in [-0.05, 0) is 39.0 Å². The van der Waals surface area contributed by atoms with Gasteiger partial charge in [-0.1, -0.05) is 18.2 Å². The van der Waals surface area contributed by atoms with Crippen LogP contribution < -0.4 is 5.32 Å². The summed E-state index contributed by atoms with van der Waals surface area (Å²) < 4.78 is 85.3. The van der Waals surface area contributed by atoms with Crippen LogP contribution in [-0.2, 0) is 4.74 Å². The smallest absolute Gasteiger partial charge is 0.391 e. The minimum atomic E-state index is -4.63. The van der Waals surface area contributed by atoms with Gasteiger partial charge >= 0.3 is 12.4 Å². The molecule has 1 fully saturated rings. The van der Waals surface area contributed by atoms with Crippen molar-refractivity contribution < 1.29 is 36.2 Å². The standard InChI is InChI=1S/C19H23F6NO2/c1-10(27)14-7-6-13-15(26-14)8-9-16(17(13)19(23,24)25)28-12-4-2-11(3-5-12)18(20,21)22/h6-8,10-12,14,16,26-27H,2-5,9H2,1H3. The Bertz CT molecular complexity index is 669. The van der Waals surface area contributed by atoms with Gasteiger partial charge < -0.3 is 15.2 Å². The van der Waals surface area contributed by atoms with E-state index in [0.717, 1.165) is 0 Å². The summed E-state index contributed by atoms with van der Waals surface area (Å²) in [5, 5.41) is 12.5. The van der Waals surface area contributed by atoms with Gasteiger partial charge in [-0.3, -0.25) is 0 Å². The molecule has 0 bridgehead atoms. The number of allylic oxidation sites excluding steroid dienone is 1. The highest BCUT2D eigenvalue weighted by Crippen LogP contribution is 2.43. The van der Waals surface area contributed by atoms with E-state index in [2.05, 4.69) is 5.32 Å². The Kier molecular flexibility index (Phi) is 5.87. The Morgan fingerprint density at radius 3 is 2.29 bits per heavy atom. The van der Waals surface area contributed by atoms with Crippen LogP contribution in [0.25, 0.3) is 0 Å². The normalized spacial score (nSPS) is 32.5. The van der Waals surface area contributed by atoms with E-state index in [0.29, 0.717) is 5.70 Å². The first-order valence-electron chi connectivity index (χ1n) is 9.33. The van der Waals surface area contributed by atoms with Gasteiger partial charge in [0.1, 0.15) is 0 Å². The van der Waals surface area contributed by atoms with Crippen LogP contribution in [0.3, 0.4) is 0 Å². The molecule has 0 radical (unpaired) electrons. The molecule has 3 nitrogen and oxygen atoms in total. The second-order valence-electron chi connectivity index (χ2n) is 7.59. The van der Waals surface area contributed by atoms with Crippen molar-refractivity contribution in [2.45, 2.75) is 75.7 Å². The molecule has 2 aliphatic carbocycles. The Morgan fingerprint density at radius 1 is 1.11 bits per heavy atom. The minimum Gasteiger partial charge on any atom is -0.391 e. The van der Waals surface area contributed by atoms with Gasteiger partial charge in [-0.25, -0.2) is 0 Å². The fraction of sp³-hybridized carbons (Fsp3) is 0.684. The first-order valence-corrected chi connectivity index (χ1v) is 9.33. The Hall–Kier alpha value is -1.48. The topological polar surface area (TPSA) is 41.5 Å². The Labute approximate surface area is 159 Å². The quantitative estimate of drug-likeness (QED) is 0.670. The van der Waals surface area contributed by atoms with E-state index in [1.165, 1.54) is 19.1 Å². The molecule has 1 heterocycles. The molecule has 28 heavy (non-hydrogen) atoms. The Morgan fingerprint density at radius 2 is 1.75 bits per heavy atom. The summed E-state index contributed by atoms with van der Waals surface area (Å²) in [5.74, 6) is -1.41. The van der Waals surface area contributed by atoms with Crippen molar-refractivity contribution in [2.75, 3.05) is 0 Å². The first kappa shape index (κ1) is 21.2. The number of hydrogen-bond acceptors (Lipinski definition) is 3. The second kappa shape index (κ2) is 7.74. The number of halogens is 6. The van der Waals surface area contributed by atoms with E-state index in [1.54, 1.807) is 6.08 Å². The molecule has 0 aromatic carbocycles. The van der Waals surface area contributed by atoms with Crippen LogP contribution in [0.15, 0.2) is 35.1 Å². The highest BCUT2D eigenvalue weighted by Gasteiger charge is 2.46. The van der Waals surface area contributed by atoms with Crippen molar-refractivity contribution in [2.24, 2.45) is 5.92 Å². The maximum Gasteiger partial charge on any atom is 0.415 e. The van der Waals surface area contributed by atoms with Crippen molar-refractivity contribution >= 4 is 0 Å². The van der Waals surface area contributed by atoms with Crippen LogP contribution in [0.4, 0.5) is 26.3 Å². The van der Waals surface area contributed by atoms with Gasteiger partial charge in [0.2, 0.25) is 0 Å². The summed E-state index contributed by atoms with van der Waals surface area (Å²) in [6.45, 7) is 1.54. The number of ether oxygens (including phenoxy) is 1. The lowest BCUT2D eigenvalue weighted by molar-refractivity contribution is -0.189. The van der Waals surface area contributed by atoms with Crippen LogP contribution in [-0.4, -0.2) is 41.8 Å². The van der Waals surface area contributed by atoms with E-state index in [9.17, 15) is 31.4 Å². The van der Waals surface area contributed by atoms with E-state index in [1.807, 2.05) is 0 Å². The molecule has 3 aliphatic rings. The molecular formula is C19H23F6NO2. The number of nitrogens with one attached hydrogen (secondary N) is 1.